The Balaban J connectivity index is 0.00000240. The lowest BCUT2D eigenvalue weighted by molar-refractivity contribution is 0.0620. The fraction of sp³-hybridized carbons (Fsp3) is 0.273. The van der Waals surface area contributed by atoms with Crippen LogP contribution in [0, 0.1) is 0 Å². The molecule has 7 heteroatoms. The number of hydrogen-bond acceptors (Lipinski definition) is 4. The third kappa shape index (κ3) is 5.16. The Kier molecular flexibility index (Phi) is 6.90. The molecule has 1 fully saturated rings. The van der Waals surface area contributed by atoms with E-state index in [0.717, 1.165) is 36.3 Å². The third-order valence-electron chi connectivity index (χ3n) is 5.05. The van der Waals surface area contributed by atoms with Gasteiger partial charge in [-0.3, -0.25) is 14.5 Å². The fourth-order valence-corrected chi connectivity index (χ4v) is 3.45. The molecule has 6 nitrogen and oxygen atoms in total. The van der Waals surface area contributed by atoms with Gasteiger partial charge in [-0.2, -0.15) is 0 Å². The highest BCUT2D eigenvalue weighted by Crippen LogP contribution is 2.15. The summed E-state index contributed by atoms with van der Waals surface area (Å²) in [5.41, 5.74) is 1.26. The summed E-state index contributed by atoms with van der Waals surface area (Å²) in [5.74, 6) is 0.919. The number of piperazine rings is 1. The number of nitrogens with one attached hydrogen (secondary N) is 1. The summed E-state index contributed by atoms with van der Waals surface area (Å²) in [7, 11) is 0. The summed E-state index contributed by atoms with van der Waals surface area (Å²) in [6.45, 7) is 4.57. The molecule has 0 spiro atoms. The highest BCUT2D eigenvalue weighted by atomic mass is 35.5. The summed E-state index contributed by atoms with van der Waals surface area (Å²) in [4.78, 5) is 31.2. The van der Waals surface area contributed by atoms with Crippen LogP contribution in [0.15, 0.2) is 65.5 Å². The quantitative estimate of drug-likeness (QED) is 0.698. The van der Waals surface area contributed by atoms with Gasteiger partial charge in [-0.15, -0.1) is 12.4 Å². The normalized spacial score (nSPS) is 14.4. The van der Waals surface area contributed by atoms with Crippen molar-refractivity contribution in [2.45, 2.75) is 0 Å². The number of aromatic nitrogens is 1. The molecule has 0 saturated carbocycles. The molecule has 1 aliphatic heterocycles. The molecular formula is C22H24ClN3O3. The lowest BCUT2D eigenvalue weighted by Gasteiger charge is -2.34. The maximum Gasteiger partial charge on any atom is 0.253 e. The van der Waals surface area contributed by atoms with E-state index in [9.17, 15) is 9.59 Å². The molecule has 0 radical (unpaired) electrons. The second-order valence-electron chi connectivity index (χ2n) is 6.92. The van der Waals surface area contributed by atoms with Crippen molar-refractivity contribution in [3.63, 3.8) is 0 Å². The number of halogens is 1. The predicted molar refractivity (Wildman–Crippen MR) is 116 cm³/mol. The van der Waals surface area contributed by atoms with Crippen LogP contribution in [0.1, 0.15) is 10.4 Å². The Morgan fingerprint density at radius 3 is 2.48 bits per heavy atom. The van der Waals surface area contributed by atoms with Crippen molar-refractivity contribution in [1.82, 2.24) is 14.8 Å². The average Bonchev–Trinajstić information content (AvgIpc) is 2.74. The zero-order chi connectivity index (χ0) is 19.3. The van der Waals surface area contributed by atoms with Crippen LogP contribution >= 0.6 is 12.4 Å². The van der Waals surface area contributed by atoms with Gasteiger partial charge in [0, 0.05) is 49.9 Å². The fourth-order valence-electron chi connectivity index (χ4n) is 3.45. The smallest absolute Gasteiger partial charge is 0.253 e. The summed E-state index contributed by atoms with van der Waals surface area (Å²) < 4.78 is 5.75. The molecule has 1 aromatic heterocycles. The minimum absolute atomic E-state index is 0. The van der Waals surface area contributed by atoms with Crippen LogP contribution in [0.2, 0.25) is 0 Å². The molecule has 2 aromatic carbocycles. The van der Waals surface area contributed by atoms with Crippen molar-refractivity contribution in [3.8, 4) is 5.75 Å². The maximum atomic E-state index is 12.8. The topological polar surface area (TPSA) is 65.6 Å². The van der Waals surface area contributed by atoms with E-state index in [0.29, 0.717) is 25.3 Å². The molecule has 1 N–H and O–H groups in total. The summed E-state index contributed by atoms with van der Waals surface area (Å²) in [6.07, 6.45) is 0. The van der Waals surface area contributed by atoms with Crippen molar-refractivity contribution in [3.05, 3.63) is 76.6 Å². The molecule has 4 rings (SSSR count). The summed E-state index contributed by atoms with van der Waals surface area (Å²) in [5, 5.41) is 0.863. The second kappa shape index (κ2) is 9.58. The van der Waals surface area contributed by atoms with Crippen LogP contribution in [-0.4, -0.2) is 60.0 Å². The molecule has 2 heterocycles. The van der Waals surface area contributed by atoms with E-state index in [-0.39, 0.29) is 23.9 Å². The van der Waals surface area contributed by atoms with Gasteiger partial charge in [0.25, 0.3) is 5.91 Å². The number of nitrogens with zero attached hydrogens (tertiary/aromatic N) is 2. The molecule has 0 bridgehead atoms. The molecule has 0 unspecified atom stereocenters. The molecule has 3 aromatic rings. The van der Waals surface area contributed by atoms with Crippen molar-refractivity contribution < 1.29 is 9.53 Å². The number of ether oxygens (including phenoxy) is 1. The zero-order valence-electron chi connectivity index (χ0n) is 16.0. The van der Waals surface area contributed by atoms with Gasteiger partial charge in [0.1, 0.15) is 12.4 Å². The Hall–Kier alpha value is -2.83. The summed E-state index contributed by atoms with van der Waals surface area (Å²) >= 11 is 0. The van der Waals surface area contributed by atoms with E-state index in [1.54, 1.807) is 18.2 Å². The number of hydrogen-bond donors (Lipinski definition) is 1. The number of carbonyl (C=O) groups is 1. The largest absolute Gasteiger partial charge is 0.492 e. The van der Waals surface area contributed by atoms with Gasteiger partial charge < -0.3 is 14.6 Å². The number of carbonyl (C=O) groups excluding carboxylic acids is 1. The molecule has 1 saturated heterocycles. The Morgan fingerprint density at radius 2 is 1.72 bits per heavy atom. The molecule has 152 valence electrons. The zero-order valence-corrected chi connectivity index (χ0v) is 16.9. The first-order chi connectivity index (χ1) is 13.7. The monoisotopic (exact) mass is 413 g/mol. The highest BCUT2D eigenvalue weighted by molar-refractivity contribution is 5.98. The minimum atomic E-state index is -0.140. The molecule has 0 atom stereocenters. The minimum Gasteiger partial charge on any atom is -0.492 e. The van der Waals surface area contributed by atoms with Crippen LogP contribution in [-0.2, 0) is 0 Å². The van der Waals surface area contributed by atoms with Crippen LogP contribution in [0.4, 0.5) is 0 Å². The number of para-hydroxylation sites is 1. The number of pyridine rings is 1. The first-order valence-corrected chi connectivity index (χ1v) is 9.52. The van der Waals surface area contributed by atoms with Gasteiger partial charge >= 0.3 is 0 Å². The average molecular weight is 414 g/mol. The van der Waals surface area contributed by atoms with Gasteiger partial charge in [0.15, 0.2) is 0 Å². The van der Waals surface area contributed by atoms with Crippen molar-refractivity contribution in [2.75, 3.05) is 39.3 Å². The molecular weight excluding hydrogens is 390 g/mol. The molecule has 1 amide bonds. The lowest BCUT2D eigenvalue weighted by Crippen LogP contribution is -2.49. The van der Waals surface area contributed by atoms with E-state index in [1.807, 2.05) is 41.3 Å². The highest BCUT2D eigenvalue weighted by Gasteiger charge is 2.22. The SMILES string of the molecule is Cl.O=C(c1ccc2[nH]c(=O)ccc2c1)N1CCN(CCOc2ccccc2)CC1. The third-order valence-corrected chi connectivity index (χ3v) is 5.05. The number of fused-ring (bicyclic) bond motifs is 1. The number of aromatic amines is 1. The van der Waals surface area contributed by atoms with Crippen LogP contribution in [0.3, 0.4) is 0 Å². The van der Waals surface area contributed by atoms with Crippen molar-refractivity contribution in [2.24, 2.45) is 0 Å². The van der Waals surface area contributed by atoms with Crippen molar-refractivity contribution in [1.29, 1.82) is 0 Å². The van der Waals surface area contributed by atoms with E-state index in [1.165, 1.54) is 6.07 Å². The predicted octanol–water partition coefficient (Wildman–Crippen LogP) is 2.79. The number of H-pyrrole nitrogens is 1. The Bertz CT molecular complexity index is 1010. The maximum absolute atomic E-state index is 12.8. The Labute approximate surface area is 175 Å². The number of amides is 1. The van der Waals surface area contributed by atoms with E-state index in [2.05, 4.69) is 9.88 Å². The van der Waals surface area contributed by atoms with Gasteiger partial charge in [-0.1, -0.05) is 18.2 Å². The second-order valence-corrected chi connectivity index (χ2v) is 6.92. The van der Waals surface area contributed by atoms with Crippen molar-refractivity contribution >= 4 is 29.2 Å². The molecule has 0 aliphatic carbocycles. The Morgan fingerprint density at radius 1 is 0.966 bits per heavy atom. The number of benzene rings is 2. The first-order valence-electron chi connectivity index (χ1n) is 9.52. The van der Waals surface area contributed by atoms with E-state index < -0.39 is 0 Å². The van der Waals surface area contributed by atoms with Gasteiger partial charge in [-0.05, 0) is 41.8 Å². The lowest BCUT2D eigenvalue weighted by atomic mass is 10.1. The first kappa shape index (κ1) is 20.9. The molecule has 29 heavy (non-hydrogen) atoms. The van der Waals surface area contributed by atoms with Crippen LogP contribution in [0.25, 0.3) is 10.9 Å². The number of rotatable bonds is 5. The van der Waals surface area contributed by atoms with Gasteiger partial charge in [-0.25, -0.2) is 0 Å². The van der Waals surface area contributed by atoms with E-state index in [4.69, 9.17) is 4.74 Å². The summed E-state index contributed by atoms with van der Waals surface area (Å²) in [6, 6.07) is 18.4. The standard InChI is InChI=1S/C22H23N3O3.ClH/c26-21-9-7-17-16-18(6-8-20(17)23-21)22(27)25-12-10-24(11-13-25)14-15-28-19-4-2-1-3-5-19;/h1-9,16H,10-15H2,(H,23,26);1H. The van der Waals surface area contributed by atoms with Crippen LogP contribution in [0.5, 0.6) is 5.75 Å². The van der Waals surface area contributed by atoms with Gasteiger partial charge in [0.05, 0.1) is 0 Å². The van der Waals surface area contributed by atoms with Crippen LogP contribution < -0.4 is 10.3 Å². The van der Waals surface area contributed by atoms with E-state index >= 15 is 0 Å². The molecule has 1 aliphatic rings. The van der Waals surface area contributed by atoms with Gasteiger partial charge in [0.2, 0.25) is 5.56 Å².